The van der Waals surface area contributed by atoms with Gasteiger partial charge >= 0.3 is 5.97 Å². The minimum atomic E-state index is -1.27. The van der Waals surface area contributed by atoms with E-state index in [1.165, 1.54) is 0 Å². The molecule has 140 valence electrons. The zero-order valence-corrected chi connectivity index (χ0v) is 15.5. The van der Waals surface area contributed by atoms with Gasteiger partial charge in [0.05, 0.1) is 6.10 Å². The van der Waals surface area contributed by atoms with Crippen LogP contribution in [0.2, 0.25) is 0 Å². The Morgan fingerprint density at radius 2 is 2.08 bits per heavy atom. The van der Waals surface area contributed by atoms with Crippen molar-refractivity contribution >= 4 is 22.8 Å². The Morgan fingerprint density at radius 3 is 2.73 bits per heavy atom. The number of amides is 1. The normalized spacial score (nSPS) is 24.2. The van der Waals surface area contributed by atoms with Crippen LogP contribution in [-0.4, -0.2) is 40.2 Å². The summed E-state index contributed by atoms with van der Waals surface area (Å²) >= 11 is 0. The van der Waals surface area contributed by atoms with E-state index in [0.717, 1.165) is 16.5 Å². The third-order valence-electron chi connectivity index (χ3n) is 5.78. The number of aromatic nitrogens is 1. The van der Waals surface area contributed by atoms with Gasteiger partial charge in [-0.15, -0.1) is 0 Å². The molecule has 0 aliphatic heterocycles. The van der Waals surface area contributed by atoms with Gasteiger partial charge in [-0.3, -0.25) is 4.79 Å². The molecule has 1 aliphatic rings. The van der Waals surface area contributed by atoms with Gasteiger partial charge < -0.3 is 20.1 Å². The zero-order chi connectivity index (χ0) is 18.9. The molecule has 1 heterocycles. The lowest BCUT2D eigenvalue weighted by Crippen LogP contribution is -2.76. The summed E-state index contributed by atoms with van der Waals surface area (Å²) in [4.78, 5) is 27.6. The van der Waals surface area contributed by atoms with Crippen molar-refractivity contribution in [1.29, 1.82) is 0 Å². The Hall–Kier alpha value is -2.34. The van der Waals surface area contributed by atoms with Crippen LogP contribution in [0.15, 0.2) is 30.5 Å². The maximum Gasteiger partial charge on any atom is 0.330 e. The second-order valence-electron chi connectivity index (χ2n) is 7.49. The fourth-order valence-electron chi connectivity index (χ4n) is 3.92. The highest BCUT2D eigenvalue weighted by atomic mass is 16.5. The van der Waals surface area contributed by atoms with Crippen molar-refractivity contribution < 1.29 is 19.4 Å². The smallest absolute Gasteiger partial charge is 0.330 e. The summed E-state index contributed by atoms with van der Waals surface area (Å²) in [7, 11) is 0. The summed E-state index contributed by atoms with van der Waals surface area (Å²) in [5.74, 6) is -1.25. The molecule has 0 spiro atoms. The van der Waals surface area contributed by atoms with Gasteiger partial charge in [-0.2, -0.15) is 0 Å². The Bertz CT molecular complexity index is 826. The highest BCUT2D eigenvalue weighted by Crippen LogP contribution is 2.51. The van der Waals surface area contributed by atoms with Gasteiger partial charge in [0.25, 0.3) is 0 Å². The van der Waals surface area contributed by atoms with Crippen LogP contribution in [0.4, 0.5) is 0 Å². The van der Waals surface area contributed by atoms with Gasteiger partial charge in [0.1, 0.15) is 5.54 Å². The molecule has 3 N–H and O–H groups in total. The third kappa shape index (κ3) is 2.88. The molecule has 2 unspecified atom stereocenters. The molecule has 26 heavy (non-hydrogen) atoms. The number of para-hydroxylation sites is 1. The SMILES string of the molecule is CCOC1CC(NC(=O)CCc2c[nH]c3ccccc23)(C(=O)O)C1(C)C. The van der Waals surface area contributed by atoms with E-state index in [1.807, 2.05) is 51.2 Å². The summed E-state index contributed by atoms with van der Waals surface area (Å²) < 4.78 is 5.63. The average molecular weight is 358 g/mol. The number of nitrogens with one attached hydrogen (secondary N) is 2. The number of benzene rings is 1. The van der Waals surface area contributed by atoms with Gasteiger partial charge in [0.15, 0.2) is 0 Å². The van der Waals surface area contributed by atoms with E-state index in [-0.39, 0.29) is 18.4 Å². The molecule has 6 nitrogen and oxygen atoms in total. The second-order valence-corrected chi connectivity index (χ2v) is 7.49. The summed E-state index contributed by atoms with van der Waals surface area (Å²) in [5, 5.41) is 13.7. The van der Waals surface area contributed by atoms with E-state index in [0.29, 0.717) is 19.4 Å². The summed E-state index contributed by atoms with van der Waals surface area (Å²) in [6, 6.07) is 7.92. The molecule has 1 fully saturated rings. The topological polar surface area (TPSA) is 91.4 Å². The number of carboxylic acids is 1. The minimum Gasteiger partial charge on any atom is -0.479 e. The number of rotatable bonds is 7. The molecular weight excluding hydrogens is 332 g/mol. The lowest BCUT2D eigenvalue weighted by molar-refractivity contribution is -0.194. The number of H-pyrrole nitrogens is 1. The molecule has 1 aromatic heterocycles. The molecule has 3 rings (SSSR count). The molecule has 0 bridgehead atoms. The summed E-state index contributed by atoms with van der Waals surface area (Å²) in [6.07, 6.45) is 2.83. The summed E-state index contributed by atoms with van der Waals surface area (Å²) in [6.45, 7) is 6.09. The monoisotopic (exact) mass is 358 g/mol. The van der Waals surface area contributed by atoms with Gasteiger partial charge in [0.2, 0.25) is 5.91 Å². The number of ether oxygens (including phenoxy) is 1. The third-order valence-corrected chi connectivity index (χ3v) is 5.78. The number of carbonyl (C=O) groups is 2. The largest absolute Gasteiger partial charge is 0.479 e. The predicted octanol–water partition coefficient (Wildman–Crippen LogP) is 2.88. The molecule has 2 aromatic rings. The van der Waals surface area contributed by atoms with E-state index in [1.54, 1.807) is 0 Å². The van der Waals surface area contributed by atoms with Crippen LogP contribution in [0.25, 0.3) is 10.9 Å². The van der Waals surface area contributed by atoms with Gasteiger partial charge in [-0.05, 0) is 25.0 Å². The lowest BCUT2D eigenvalue weighted by Gasteiger charge is -2.58. The molecular formula is C20H26N2O4. The Labute approximate surface area is 152 Å². The number of carbonyl (C=O) groups excluding carboxylic acids is 1. The van der Waals surface area contributed by atoms with Crippen LogP contribution in [0, 0.1) is 5.41 Å². The van der Waals surface area contributed by atoms with Crippen molar-refractivity contribution in [1.82, 2.24) is 10.3 Å². The van der Waals surface area contributed by atoms with Crippen LogP contribution in [0.5, 0.6) is 0 Å². The fraction of sp³-hybridized carbons (Fsp3) is 0.500. The van der Waals surface area contributed by atoms with Crippen molar-refractivity contribution in [2.24, 2.45) is 5.41 Å². The van der Waals surface area contributed by atoms with Crippen LogP contribution >= 0.6 is 0 Å². The van der Waals surface area contributed by atoms with E-state index in [2.05, 4.69) is 10.3 Å². The highest BCUT2D eigenvalue weighted by molar-refractivity contribution is 5.90. The van der Waals surface area contributed by atoms with Crippen molar-refractivity contribution in [2.75, 3.05) is 6.61 Å². The van der Waals surface area contributed by atoms with E-state index < -0.39 is 16.9 Å². The number of carboxylic acid groups (broad SMARTS) is 1. The highest BCUT2D eigenvalue weighted by Gasteiger charge is 2.66. The van der Waals surface area contributed by atoms with Gasteiger partial charge in [-0.25, -0.2) is 4.79 Å². The number of aromatic amines is 1. The first kappa shape index (κ1) is 18.5. The number of hydrogen-bond donors (Lipinski definition) is 3. The molecule has 6 heteroatoms. The first-order valence-corrected chi connectivity index (χ1v) is 9.03. The van der Waals surface area contributed by atoms with Crippen LogP contribution in [0.3, 0.4) is 0 Å². The van der Waals surface area contributed by atoms with Gasteiger partial charge in [0, 0.05) is 42.0 Å². The van der Waals surface area contributed by atoms with Crippen molar-refractivity contribution in [3.05, 3.63) is 36.0 Å². The van der Waals surface area contributed by atoms with E-state index in [9.17, 15) is 14.7 Å². The quantitative estimate of drug-likeness (QED) is 0.710. The van der Waals surface area contributed by atoms with E-state index in [4.69, 9.17) is 4.74 Å². The predicted molar refractivity (Wildman–Crippen MR) is 98.9 cm³/mol. The Balaban J connectivity index is 1.67. The number of fused-ring (bicyclic) bond motifs is 1. The maximum atomic E-state index is 12.5. The minimum absolute atomic E-state index is 0.169. The average Bonchev–Trinajstić information content (AvgIpc) is 3.01. The van der Waals surface area contributed by atoms with E-state index >= 15 is 0 Å². The molecule has 0 radical (unpaired) electrons. The zero-order valence-electron chi connectivity index (χ0n) is 15.5. The lowest BCUT2D eigenvalue weighted by atomic mass is 9.54. The van der Waals surface area contributed by atoms with Crippen molar-refractivity contribution in [2.45, 2.75) is 51.7 Å². The molecule has 1 amide bonds. The molecule has 0 saturated heterocycles. The van der Waals surface area contributed by atoms with Crippen molar-refractivity contribution in [3.8, 4) is 0 Å². The molecule has 1 aliphatic carbocycles. The van der Waals surface area contributed by atoms with Crippen LogP contribution < -0.4 is 5.32 Å². The molecule has 2 atom stereocenters. The first-order chi connectivity index (χ1) is 12.3. The second kappa shape index (κ2) is 6.76. The molecule has 1 saturated carbocycles. The maximum absolute atomic E-state index is 12.5. The van der Waals surface area contributed by atoms with Crippen LogP contribution in [0.1, 0.15) is 39.2 Å². The first-order valence-electron chi connectivity index (χ1n) is 9.03. The van der Waals surface area contributed by atoms with Crippen molar-refractivity contribution in [3.63, 3.8) is 0 Å². The molecule has 1 aromatic carbocycles. The number of aryl methyl sites for hydroxylation is 1. The Kier molecular flexibility index (Phi) is 4.80. The standard InChI is InChI=1S/C20H26N2O4/c1-4-26-16-11-20(18(24)25,19(16,2)3)22-17(23)10-9-13-12-21-15-8-6-5-7-14(13)15/h5-8,12,16,21H,4,9-11H2,1-3H3,(H,22,23)(H,24,25). The summed E-state index contributed by atoms with van der Waals surface area (Å²) in [5.41, 5.74) is 0.153. The number of aliphatic carboxylic acids is 1. The Morgan fingerprint density at radius 1 is 1.35 bits per heavy atom. The fourth-order valence-corrected chi connectivity index (χ4v) is 3.92. The number of hydrogen-bond acceptors (Lipinski definition) is 3. The van der Waals surface area contributed by atoms with Crippen LogP contribution in [-0.2, 0) is 20.7 Å². The van der Waals surface area contributed by atoms with Gasteiger partial charge in [-0.1, -0.05) is 32.0 Å².